The smallest absolute Gasteiger partial charge is 0.159 e. The fourth-order valence-electron chi connectivity index (χ4n) is 1.43. The van der Waals surface area contributed by atoms with Crippen molar-refractivity contribution < 1.29 is 14.3 Å². The number of methoxy groups -OCH3 is 1. The van der Waals surface area contributed by atoms with Crippen LogP contribution in [0, 0.1) is 0 Å². The minimum Gasteiger partial charge on any atom is -0.385 e. The Hall–Kier alpha value is -0.840. The molecule has 0 bridgehead atoms. The van der Waals surface area contributed by atoms with Crippen LogP contribution < -0.4 is 0 Å². The molecule has 0 saturated heterocycles. The van der Waals surface area contributed by atoms with Crippen molar-refractivity contribution in [2.75, 3.05) is 32.7 Å². The van der Waals surface area contributed by atoms with Gasteiger partial charge in [0.1, 0.15) is 0 Å². The molecule has 18 heavy (non-hydrogen) atoms. The molecule has 1 rings (SSSR count). The fraction of sp³-hybridized carbons (Fsp3) is 0.500. The summed E-state index contributed by atoms with van der Waals surface area (Å²) in [5, 5.41) is 0. The highest BCUT2D eigenvalue weighted by molar-refractivity contribution is 7.99. The maximum atomic E-state index is 11.2. The van der Waals surface area contributed by atoms with E-state index in [2.05, 4.69) is 0 Å². The van der Waals surface area contributed by atoms with Gasteiger partial charge in [-0.1, -0.05) is 12.1 Å². The highest BCUT2D eigenvalue weighted by Crippen LogP contribution is 2.19. The second-order valence-corrected chi connectivity index (χ2v) is 5.06. The molecule has 4 heteroatoms. The molecular formula is C14H20O3S. The molecule has 0 N–H and O–H groups in total. The van der Waals surface area contributed by atoms with E-state index in [0.717, 1.165) is 42.5 Å². The summed E-state index contributed by atoms with van der Waals surface area (Å²) in [5.74, 6) is 1.00. The van der Waals surface area contributed by atoms with Crippen LogP contribution in [0.4, 0.5) is 0 Å². The zero-order chi connectivity index (χ0) is 13.2. The van der Waals surface area contributed by atoms with E-state index in [1.165, 1.54) is 0 Å². The summed E-state index contributed by atoms with van der Waals surface area (Å²) in [4.78, 5) is 12.3. The number of hydrogen-bond donors (Lipinski definition) is 0. The molecule has 0 heterocycles. The molecule has 0 aliphatic rings. The van der Waals surface area contributed by atoms with Gasteiger partial charge >= 0.3 is 0 Å². The standard InChI is InChI=1S/C14H20O3S/c1-12(15)13-5-3-6-14(11-13)18-10-9-17-8-4-7-16-2/h3,5-6,11H,4,7-10H2,1-2H3. The van der Waals surface area contributed by atoms with Crippen molar-refractivity contribution >= 4 is 17.5 Å². The molecule has 0 saturated carbocycles. The number of thioether (sulfide) groups is 1. The van der Waals surface area contributed by atoms with E-state index in [1.54, 1.807) is 25.8 Å². The minimum atomic E-state index is 0.105. The predicted molar refractivity (Wildman–Crippen MR) is 74.5 cm³/mol. The molecule has 0 unspecified atom stereocenters. The van der Waals surface area contributed by atoms with Crippen molar-refractivity contribution in [2.24, 2.45) is 0 Å². The Morgan fingerprint density at radius 1 is 1.28 bits per heavy atom. The zero-order valence-electron chi connectivity index (χ0n) is 11.0. The Bertz CT molecular complexity index is 366. The van der Waals surface area contributed by atoms with Gasteiger partial charge in [0.15, 0.2) is 5.78 Å². The maximum absolute atomic E-state index is 11.2. The Balaban J connectivity index is 2.19. The van der Waals surface area contributed by atoms with Gasteiger partial charge in [0, 0.05) is 36.5 Å². The van der Waals surface area contributed by atoms with Gasteiger partial charge in [-0.05, 0) is 25.5 Å². The molecule has 1 aromatic carbocycles. The molecule has 0 atom stereocenters. The molecule has 0 aliphatic carbocycles. The number of rotatable bonds is 9. The van der Waals surface area contributed by atoms with Gasteiger partial charge in [-0.15, -0.1) is 11.8 Å². The highest BCUT2D eigenvalue weighted by Gasteiger charge is 2.00. The van der Waals surface area contributed by atoms with Crippen molar-refractivity contribution in [3.8, 4) is 0 Å². The number of ketones is 1. The minimum absolute atomic E-state index is 0.105. The van der Waals surface area contributed by atoms with E-state index < -0.39 is 0 Å². The molecule has 100 valence electrons. The molecule has 0 fully saturated rings. The van der Waals surface area contributed by atoms with E-state index in [1.807, 2.05) is 24.3 Å². The summed E-state index contributed by atoms with van der Waals surface area (Å²) in [6.45, 7) is 3.79. The Morgan fingerprint density at radius 3 is 2.83 bits per heavy atom. The van der Waals surface area contributed by atoms with E-state index >= 15 is 0 Å². The predicted octanol–water partition coefficient (Wildman–Crippen LogP) is 3.03. The normalized spacial score (nSPS) is 10.6. The van der Waals surface area contributed by atoms with Gasteiger partial charge in [-0.25, -0.2) is 0 Å². The number of carbonyl (C=O) groups excluding carboxylic acids is 1. The molecule has 0 aromatic heterocycles. The van der Waals surface area contributed by atoms with Gasteiger partial charge in [0.2, 0.25) is 0 Å². The Morgan fingerprint density at radius 2 is 2.11 bits per heavy atom. The van der Waals surface area contributed by atoms with Gasteiger partial charge in [0.05, 0.1) is 6.61 Å². The van der Waals surface area contributed by atoms with E-state index in [0.29, 0.717) is 0 Å². The number of carbonyl (C=O) groups is 1. The van der Waals surface area contributed by atoms with Gasteiger partial charge in [0.25, 0.3) is 0 Å². The summed E-state index contributed by atoms with van der Waals surface area (Å²) >= 11 is 1.71. The van der Waals surface area contributed by atoms with Crippen LogP contribution in [-0.4, -0.2) is 38.5 Å². The number of Topliss-reactive ketones (excluding diaryl/α,β-unsaturated/α-hetero) is 1. The second kappa shape index (κ2) is 9.14. The third kappa shape index (κ3) is 6.19. The van der Waals surface area contributed by atoms with Crippen molar-refractivity contribution in [3.63, 3.8) is 0 Å². The third-order valence-electron chi connectivity index (χ3n) is 2.37. The first-order valence-corrected chi connectivity index (χ1v) is 7.03. The van der Waals surface area contributed by atoms with Crippen LogP contribution in [0.3, 0.4) is 0 Å². The molecule has 0 amide bonds. The van der Waals surface area contributed by atoms with Crippen LogP contribution in [0.2, 0.25) is 0 Å². The molecule has 0 aliphatic heterocycles. The first-order chi connectivity index (χ1) is 8.74. The van der Waals surface area contributed by atoms with E-state index in [4.69, 9.17) is 9.47 Å². The van der Waals surface area contributed by atoms with Crippen LogP contribution in [0.1, 0.15) is 23.7 Å². The monoisotopic (exact) mass is 268 g/mol. The average molecular weight is 268 g/mol. The van der Waals surface area contributed by atoms with Crippen LogP contribution in [-0.2, 0) is 9.47 Å². The summed E-state index contributed by atoms with van der Waals surface area (Å²) in [5.41, 5.74) is 0.765. The summed E-state index contributed by atoms with van der Waals surface area (Å²) in [7, 11) is 1.69. The molecule has 0 radical (unpaired) electrons. The maximum Gasteiger partial charge on any atom is 0.159 e. The van der Waals surface area contributed by atoms with Crippen LogP contribution >= 0.6 is 11.8 Å². The van der Waals surface area contributed by atoms with Crippen molar-refractivity contribution in [1.82, 2.24) is 0 Å². The highest BCUT2D eigenvalue weighted by atomic mass is 32.2. The topological polar surface area (TPSA) is 35.5 Å². The van der Waals surface area contributed by atoms with Crippen molar-refractivity contribution in [3.05, 3.63) is 29.8 Å². The van der Waals surface area contributed by atoms with E-state index in [-0.39, 0.29) is 5.78 Å². The first-order valence-electron chi connectivity index (χ1n) is 6.04. The van der Waals surface area contributed by atoms with E-state index in [9.17, 15) is 4.79 Å². The number of ether oxygens (including phenoxy) is 2. The van der Waals surface area contributed by atoms with Crippen molar-refractivity contribution in [1.29, 1.82) is 0 Å². The molecule has 0 spiro atoms. The molecule has 3 nitrogen and oxygen atoms in total. The van der Waals surface area contributed by atoms with Gasteiger partial charge in [-0.3, -0.25) is 4.79 Å². The Labute approximate surface area is 113 Å². The molecular weight excluding hydrogens is 248 g/mol. The van der Waals surface area contributed by atoms with Crippen LogP contribution in [0.5, 0.6) is 0 Å². The third-order valence-corrected chi connectivity index (χ3v) is 3.33. The summed E-state index contributed by atoms with van der Waals surface area (Å²) in [6.07, 6.45) is 0.932. The lowest BCUT2D eigenvalue weighted by Gasteiger charge is -2.05. The quantitative estimate of drug-likeness (QED) is 0.392. The second-order valence-electron chi connectivity index (χ2n) is 3.89. The largest absolute Gasteiger partial charge is 0.385 e. The lowest BCUT2D eigenvalue weighted by Crippen LogP contribution is -2.02. The Kier molecular flexibility index (Phi) is 7.73. The lowest BCUT2D eigenvalue weighted by molar-refractivity contribution is 0.101. The number of benzene rings is 1. The average Bonchev–Trinajstić information content (AvgIpc) is 2.38. The first kappa shape index (κ1) is 15.2. The fourth-order valence-corrected chi connectivity index (χ4v) is 2.25. The van der Waals surface area contributed by atoms with Crippen LogP contribution in [0.15, 0.2) is 29.2 Å². The zero-order valence-corrected chi connectivity index (χ0v) is 11.8. The molecule has 1 aromatic rings. The SMILES string of the molecule is COCCCOCCSc1cccc(C(C)=O)c1. The van der Waals surface area contributed by atoms with Gasteiger partial charge < -0.3 is 9.47 Å². The van der Waals surface area contributed by atoms with Gasteiger partial charge in [-0.2, -0.15) is 0 Å². The van der Waals surface area contributed by atoms with Crippen LogP contribution in [0.25, 0.3) is 0 Å². The lowest BCUT2D eigenvalue weighted by atomic mass is 10.2. The number of hydrogen-bond acceptors (Lipinski definition) is 4. The summed E-state index contributed by atoms with van der Waals surface area (Å²) < 4.78 is 10.4. The van der Waals surface area contributed by atoms with Crippen molar-refractivity contribution in [2.45, 2.75) is 18.2 Å². The summed E-state index contributed by atoms with van der Waals surface area (Å²) in [6, 6.07) is 7.70.